The summed E-state index contributed by atoms with van der Waals surface area (Å²) in [6.07, 6.45) is 2.95. The summed E-state index contributed by atoms with van der Waals surface area (Å²) in [6.45, 7) is 4.42. The van der Waals surface area contributed by atoms with E-state index >= 15 is 0 Å². The van der Waals surface area contributed by atoms with Crippen molar-refractivity contribution >= 4 is 18.0 Å². The highest BCUT2D eigenvalue weighted by Gasteiger charge is 2.38. The van der Waals surface area contributed by atoms with Crippen molar-refractivity contribution in [3.05, 3.63) is 0 Å². The first-order valence-corrected chi connectivity index (χ1v) is 6.60. The number of carbonyl (C=O) groups is 1. The van der Waals surface area contributed by atoms with Crippen LogP contribution >= 0.6 is 12.0 Å². The van der Waals surface area contributed by atoms with Gasteiger partial charge in [0, 0.05) is 5.75 Å². The average Bonchev–Trinajstić information content (AvgIpc) is 2.62. The lowest BCUT2D eigenvalue weighted by Crippen LogP contribution is -2.21. The molecule has 0 amide bonds. The molecule has 3 atom stereocenters. The van der Waals surface area contributed by atoms with E-state index in [9.17, 15) is 4.79 Å². The number of hydrogen-bond acceptors (Lipinski definition) is 4. The van der Waals surface area contributed by atoms with Crippen LogP contribution in [0.4, 0.5) is 0 Å². The highest BCUT2D eigenvalue weighted by Crippen LogP contribution is 2.40. The van der Waals surface area contributed by atoms with E-state index in [-0.39, 0.29) is 11.9 Å². The third kappa shape index (κ3) is 3.38. The van der Waals surface area contributed by atoms with Gasteiger partial charge in [-0.15, -0.1) is 0 Å². The summed E-state index contributed by atoms with van der Waals surface area (Å²) in [5, 5.41) is 0. The first-order valence-electron chi connectivity index (χ1n) is 5.65. The van der Waals surface area contributed by atoms with E-state index in [1.165, 1.54) is 0 Å². The second kappa shape index (κ2) is 6.38. The Bertz CT molecular complexity index is 208. The van der Waals surface area contributed by atoms with Gasteiger partial charge >= 0.3 is 5.97 Å². The van der Waals surface area contributed by atoms with Crippen LogP contribution in [0.2, 0.25) is 0 Å². The van der Waals surface area contributed by atoms with Gasteiger partial charge in [0.25, 0.3) is 0 Å². The standard InChI is InChI=1S/C11H20O3S/c1-3-9-5-8(7-15-13)6-10(9)11(12)14-4-2/h8-10,13H,3-7H2,1-2H3. The Kier molecular flexibility index (Phi) is 5.47. The molecule has 0 aromatic heterocycles. The average molecular weight is 232 g/mol. The maximum Gasteiger partial charge on any atom is 0.309 e. The largest absolute Gasteiger partial charge is 0.466 e. The summed E-state index contributed by atoms with van der Waals surface area (Å²) >= 11 is 0.886. The van der Waals surface area contributed by atoms with E-state index in [4.69, 9.17) is 9.29 Å². The van der Waals surface area contributed by atoms with E-state index in [1.807, 2.05) is 6.92 Å². The fraction of sp³-hybridized carbons (Fsp3) is 0.909. The summed E-state index contributed by atoms with van der Waals surface area (Å²) in [5.74, 6) is 1.68. The number of rotatable bonds is 5. The summed E-state index contributed by atoms with van der Waals surface area (Å²) in [4.78, 5) is 11.7. The zero-order chi connectivity index (χ0) is 11.3. The van der Waals surface area contributed by atoms with Crippen LogP contribution in [0.15, 0.2) is 0 Å². The maximum absolute atomic E-state index is 11.7. The van der Waals surface area contributed by atoms with Crippen LogP contribution in [0, 0.1) is 17.8 Å². The Morgan fingerprint density at radius 3 is 2.73 bits per heavy atom. The lowest BCUT2D eigenvalue weighted by atomic mass is 9.94. The molecule has 0 heterocycles. The monoisotopic (exact) mass is 232 g/mol. The quantitative estimate of drug-likeness (QED) is 0.585. The van der Waals surface area contributed by atoms with E-state index in [0.717, 1.165) is 37.1 Å². The molecule has 0 aromatic rings. The molecule has 1 rings (SSSR count). The SMILES string of the molecule is CCOC(=O)C1CC(CSO)CC1CC. The predicted octanol–water partition coefficient (Wildman–Crippen LogP) is 2.81. The molecule has 88 valence electrons. The summed E-state index contributed by atoms with van der Waals surface area (Å²) in [5.41, 5.74) is 0. The molecule has 0 saturated heterocycles. The molecular weight excluding hydrogens is 212 g/mol. The molecule has 3 unspecified atom stereocenters. The molecule has 0 aliphatic heterocycles. The van der Waals surface area contributed by atoms with Gasteiger partial charge in [-0.2, -0.15) is 0 Å². The van der Waals surface area contributed by atoms with Crippen LogP contribution in [0.3, 0.4) is 0 Å². The van der Waals surface area contributed by atoms with Gasteiger partial charge in [-0.05, 0) is 43.6 Å². The number of hydrogen-bond donors (Lipinski definition) is 1. The van der Waals surface area contributed by atoms with Crippen LogP contribution in [-0.2, 0) is 9.53 Å². The van der Waals surface area contributed by atoms with Crippen LogP contribution in [0.5, 0.6) is 0 Å². The number of esters is 1. The van der Waals surface area contributed by atoms with Crippen molar-refractivity contribution < 1.29 is 14.1 Å². The van der Waals surface area contributed by atoms with E-state index in [1.54, 1.807) is 0 Å². The zero-order valence-electron chi connectivity index (χ0n) is 9.44. The van der Waals surface area contributed by atoms with Crippen LogP contribution in [0.25, 0.3) is 0 Å². The van der Waals surface area contributed by atoms with Gasteiger partial charge in [-0.1, -0.05) is 13.3 Å². The molecule has 0 spiro atoms. The van der Waals surface area contributed by atoms with Crippen molar-refractivity contribution in [1.29, 1.82) is 0 Å². The van der Waals surface area contributed by atoms with Crippen molar-refractivity contribution in [3.63, 3.8) is 0 Å². The molecule has 1 fully saturated rings. The van der Waals surface area contributed by atoms with Gasteiger partial charge in [-0.3, -0.25) is 4.79 Å². The second-order valence-corrected chi connectivity index (χ2v) is 4.75. The third-order valence-corrected chi connectivity index (χ3v) is 3.84. The Labute approximate surface area is 95.8 Å². The van der Waals surface area contributed by atoms with Gasteiger partial charge in [-0.25, -0.2) is 0 Å². The molecule has 15 heavy (non-hydrogen) atoms. The first kappa shape index (κ1) is 12.8. The molecule has 0 aromatic carbocycles. The Balaban J connectivity index is 2.51. The first-order chi connectivity index (χ1) is 7.22. The molecule has 3 nitrogen and oxygen atoms in total. The highest BCUT2D eigenvalue weighted by molar-refractivity contribution is 7.93. The van der Waals surface area contributed by atoms with Gasteiger partial charge in [0.15, 0.2) is 0 Å². The smallest absolute Gasteiger partial charge is 0.309 e. The highest BCUT2D eigenvalue weighted by atomic mass is 32.2. The Morgan fingerprint density at radius 2 is 2.20 bits per heavy atom. The van der Waals surface area contributed by atoms with Gasteiger partial charge < -0.3 is 9.29 Å². The van der Waals surface area contributed by atoms with Crippen molar-refractivity contribution in [2.75, 3.05) is 12.4 Å². The second-order valence-electron chi connectivity index (χ2n) is 4.16. The molecule has 0 radical (unpaired) electrons. The summed E-state index contributed by atoms with van der Waals surface area (Å²) in [6, 6.07) is 0. The van der Waals surface area contributed by atoms with Crippen molar-refractivity contribution in [2.45, 2.75) is 33.1 Å². The minimum Gasteiger partial charge on any atom is -0.466 e. The maximum atomic E-state index is 11.7. The lowest BCUT2D eigenvalue weighted by Gasteiger charge is -2.15. The molecule has 1 N–H and O–H groups in total. The van der Waals surface area contributed by atoms with Crippen LogP contribution < -0.4 is 0 Å². The summed E-state index contributed by atoms with van der Waals surface area (Å²) in [7, 11) is 0. The van der Waals surface area contributed by atoms with Crippen molar-refractivity contribution in [2.24, 2.45) is 17.8 Å². The Morgan fingerprint density at radius 1 is 1.47 bits per heavy atom. The zero-order valence-corrected chi connectivity index (χ0v) is 10.3. The summed E-state index contributed by atoms with van der Waals surface area (Å²) < 4.78 is 13.9. The van der Waals surface area contributed by atoms with Crippen LogP contribution in [-0.4, -0.2) is 22.9 Å². The van der Waals surface area contributed by atoms with Crippen LogP contribution in [0.1, 0.15) is 33.1 Å². The van der Waals surface area contributed by atoms with Crippen molar-refractivity contribution in [3.8, 4) is 0 Å². The third-order valence-electron chi connectivity index (χ3n) is 3.22. The minimum absolute atomic E-state index is 0.0465. The predicted molar refractivity (Wildman–Crippen MR) is 61.7 cm³/mol. The van der Waals surface area contributed by atoms with Gasteiger partial charge in [0.2, 0.25) is 0 Å². The fourth-order valence-electron chi connectivity index (χ4n) is 2.47. The van der Waals surface area contributed by atoms with E-state index in [2.05, 4.69) is 6.92 Å². The van der Waals surface area contributed by atoms with E-state index in [0.29, 0.717) is 18.4 Å². The molecule has 1 aliphatic rings. The lowest BCUT2D eigenvalue weighted by molar-refractivity contribution is -0.149. The van der Waals surface area contributed by atoms with Crippen molar-refractivity contribution in [1.82, 2.24) is 0 Å². The fourth-order valence-corrected chi connectivity index (χ4v) is 2.95. The Hall–Kier alpha value is -0.220. The molecule has 1 saturated carbocycles. The minimum atomic E-state index is -0.0465. The number of ether oxygens (including phenoxy) is 1. The normalized spacial score (nSPS) is 30.5. The number of carbonyl (C=O) groups excluding carboxylic acids is 1. The molecule has 4 heteroatoms. The van der Waals surface area contributed by atoms with E-state index < -0.39 is 0 Å². The molecule has 0 bridgehead atoms. The van der Waals surface area contributed by atoms with Gasteiger partial charge in [0.05, 0.1) is 12.5 Å². The topological polar surface area (TPSA) is 46.5 Å². The molecular formula is C11H20O3S. The molecule has 1 aliphatic carbocycles. The van der Waals surface area contributed by atoms with Gasteiger partial charge in [0.1, 0.15) is 0 Å².